The van der Waals surface area contributed by atoms with Crippen LogP contribution in [0, 0.1) is 0 Å². The minimum Gasteiger partial charge on any atom is -0.373 e. The lowest BCUT2D eigenvalue weighted by molar-refractivity contribution is 0.281. The summed E-state index contributed by atoms with van der Waals surface area (Å²) in [5.41, 5.74) is 4.17. The first-order valence-corrected chi connectivity index (χ1v) is 7.23. The predicted octanol–water partition coefficient (Wildman–Crippen LogP) is 2.58. The maximum atomic E-state index is 4.07. The summed E-state index contributed by atoms with van der Waals surface area (Å²) in [7, 11) is 2.19. The molecule has 104 valence electrons. The second-order valence-corrected chi connectivity index (χ2v) is 5.43. The van der Waals surface area contributed by atoms with Crippen LogP contribution in [0.3, 0.4) is 0 Å². The highest BCUT2D eigenvalue weighted by Crippen LogP contribution is 2.23. The van der Waals surface area contributed by atoms with Gasteiger partial charge >= 0.3 is 0 Å². The Morgan fingerprint density at radius 2 is 1.85 bits per heavy atom. The standard InChI is InChI=1S/C17H21N3/c1-19-12-13-20(11-8-15-6-9-18-10-7-15)14-16-4-2-3-5-17(16)19/h2-7,9-10H,8,11-14H2,1H3. The smallest absolute Gasteiger partial charge is 0.0409 e. The van der Waals surface area contributed by atoms with Crippen molar-refractivity contribution < 1.29 is 0 Å². The Kier molecular flexibility index (Phi) is 3.97. The summed E-state index contributed by atoms with van der Waals surface area (Å²) in [6, 6.07) is 13.0. The van der Waals surface area contributed by atoms with E-state index in [0.717, 1.165) is 32.6 Å². The number of likely N-dealkylation sites (N-methyl/N-ethyl adjacent to an activating group) is 1. The Balaban J connectivity index is 1.67. The number of anilines is 1. The van der Waals surface area contributed by atoms with E-state index in [1.165, 1.54) is 16.8 Å². The van der Waals surface area contributed by atoms with Crippen LogP contribution in [0.2, 0.25) is 0 Å². The molecule has 0 unspecified atom stereocenters. The molecule has 0 radical (unpaired) electrons. The molecule has 0 aliphatic carbocycles. The van der Waals surface area contributed by atoms with Gasteiger partial charge < -0.3 is 4.90 Å². The summed E-state index contributed by atoms with van der Waals surface area (Å²) in [6.07, 6.45) is 4.84. The molecule has 1 aromatic heterocycles. The third-order valence-electron chi connectivity index (χ3n) is 4.01. The van der Waals surface area contributed by atoms with Gasteiger partial charge in [-0.05, 0) is 35.7 Å². The second-order valence-electron chi connectivity index (χ2n) is 5.43. The van der Waals surface area contributed by atoms with Crippen LogP contribution in [0.1, 0.15) is 11.1 Å². The number of hydrogen-bond donors (Lipinski definition) is 0. The summed E-state index contributed by atoms with van der Waals surface area (Å²) in [4.78, 5) is 8.98. The van der Waals surface area contributed by atoms with Gasteiger partial charge in [-0.3, -0.25) is 9.88 Å². The van der Waals surface area contributed by atoms with Crippen molar-refractivity contribution >= 4 is 5.69 Å². The number of benzene rings is 1. The molecule has 3 rings (SSSR count). The number of para-hydroxylation sites is 1. The molecule has 0 saturated carbocycles. The molecule has 1 aromatic carbocycles. The van der Waals surface area contributed by atoms with Crippen LogP contribution in [0.25, 0.3) is 0 Å². The van der Waals surface area contributed by atoms with Gasteiger partial charge in [0.15, 0.2) is 0 Å². The van der Waals surface area contributed by atoms with Crippen molar-refractivity contribution in [2.24, 2.45) is 0 Å². The van der Waals surface area contributed by atoms with E-state index < -0.39 is 0 Å². The molecule has 0 N–H and O–H groups in total. The first-order valence-electron chi connectivity index (χ1n) is 7.23. The number of nitrogens with zero attached hydrogens (tertiary/aromatic N) is 3. The lowest BCUT2D eigenvalue weighted by Gasteiger charge is -2.20. The fraction of sp³-hybridized carbons (Fsp3) is 0.353. The van der Waals surface area contributed by atoms with E-state index in [2.05, 4.69) is 58.2 Å². The van der Waals surface area contributed by atoms with Crippen LogP contribution < -0.4 is 4.90 Å². The molecular formula is C17H21N3. The van der Waals surface area contributed by atoms with Gasteiger partial charge in [0.1, 0.15) is 0 Å². The van der Waals surface area contributed by atoms with Crippen molar-refractivity contribution in [2.75, 3.05) is 31.6 Å². The highest BCUT2D eigenvalue weighted by molar-refractivity contribution is 5.53. The van der Waals surface area contributed by atoms with E-state index in [0.29, 0.717) is 0 Å². The van der Waals surface area contributed by atoms with E-state index >= 15 is 0 Å². The zero-order valence-electron chi connectivity index (χ0n) is 12.0. The van der Waals surface area contributed by atoms with Gasteiger partial charge in [-0.25, -0.2) is 0 Å². The minimum absolute atomic E-state index is 1.05. The summed E-state index contributed by atoms with van der Waals surface area (Å²) in [6.45, 7) is 4.36. The van der Waals surface area contributed by atoms with Crippen molar-refractivity contribution in [3.05, 3.63) is 59.9 Å². The number of aromatic nitrogens is 1. The first-order chi connectivity index (χ1) is 9.83. The van der Waals surface area contributed by atoms with Gasteiger partial charge in [0.25, 0.3) is 0 Å². The average Bonchev–Trinajstić information content (AvgIpc) is 2.66. The summed E-state index contributed by atoms with van der Waals surface area (Å²) in [5, 5.41) is 0. The van der Waals surface area contributed by atoms with Crippen LogP contribution in [0.15, 0.2) is 48.8 Å². The molecule has 1 aliphatic heterocycles. The average molecular weight is 267 g/mol. The lowest BCUT2D eigenvalue weighted by atomic mass is 10.1. The first kappa shape index (κ1) is 13.1. The van der Waals surface area contributed by atoms with Gasteiger partial charge in [0.05, 0.1) is 0 Å². The Bertz CT molecular complexity index is 553. The van der Waals surface area contributed by atoms with Crippen LogP contribution in [-0.4, -0.2) is 36.6 Å². The molecule has 3 nitrogen and oxygen atoms in total. The third kappa shape index (κ3) is 2.99. The molecule has 0 spiro atoms. The fourth-order valence-electron chi connectivity index (χ4n) is 2.78. The number of hydrogen-bond acceptors (Lipinski definition) is 3. The van der Waals surface area contributed by atoms with E-state index in [4.69, 9.17) is 0 Å². The quantitative estimate of drug-likeness (QED) is 0.852. The number of rotatable bonds is 3. The van der Waals surface area contributed by atoms with Crippen LogP contribution >= 0.6 is 0 Å². The van der Waals surface area contributed by atoms with Crippen molar-refractivity contribution in [1.82, 2.24) is 9.88 Å². The van der Waals surface area contributed by atoms with Gasteiger partial charge in [0.2, 0.25) is 0 Å². The second kappa shape index (κ2) is 6.06. The van der Waals surface area contributed by atoms with E-state index in [1.54, 1.807) is 0 Å². The maximum absolute atomic E-state index is 4.07. The minimum atomic E-state index is 1.05. The normalized spacial score (nSPS) is 15.8. The Morgan fingerprint density at radius 1 is 1.05 bits per heavy atom. The molecule has 1 aliphatic rings. The molecule has 0 bridgehead atoms. The molecule has 0 saturated heterocycles. The van der Waals surface area contributed by atoms with Crippen LogP contribution in [0.4, 0.5) is 5.69 Å². The van der Waals surface area contributed by atoms with Crippen molar-refractivity contribution in [1.29, 1.82) is 0 Å². The highest BCUT2D eigenvalue weighted by Gasteiger charge is 2.16. The Morgan fingerprint density at radius 3 is 2.70 bits per heavy atom. The Hall–Kier alpha value is -1.87. The van der Waals surface area contributed by atoms with Crippen molar-refractivity contribution in [2.45, 2.75) is 13.0 Å². The van der Waals surface area contributed by atoms with Gasteiger partial charge in [0, 0.05) is 51.3 Å². The molecule has 2 aromatic rings. The summed E-state index contributed by atoms with van der Waals surface area (Å²) < 4.78 is 0. The summed E-state index contributed by atoms with van der Waals surface area (Å²) in [5.74, 6) is 0. The zero-order valence-corrected chi connectivity index (χ0v) is 12.0. The predicted molar refractivity (Wildman–Crippen MR) is 82.9 cm³/mol. The third-order valence-corrected chi connectivity index (χ3v) is 4.01. The van der Waals surface area contributed by atoms with Gasteiger partial charge in [-0.2, -0.15) is 0 Å². The van der Waals surface area contributed by atoms with Crippen molar-refractivity contribution in [3.63, 3.8) is 0 Å². The highest BCUT2D eigenvalue weighted by atomic mass is 15.2. The number of pyridine rings is 1. The Labute approximate surface area is 120 Å². The zero-order chi connectivity index (χ0) is 13.8. The largest absolute Gasteiger partial charge is 0.373 e. The summed E-state index contributed by atoms with van der Waals surface area (Å²) >= 11 is 0. The van der Waals surface area contributed by atoms with Gasteiger partial charge in [-0.1, -0.05) is 18.2 Å². The maximum Gasteiger partial charge on any atom is 0.0409 e. The molecular weight excluding hydrogens is 246 g/mol. The topological polar surface area (TPSA) is 19.4 Å². The van der Waals surface area contributed by atoms with Crippen LogP contribution in [-0.2, 0) is 13.0 Å². The van der Waals surface area contributed by atoms with Crippen molar-refractivity contribution in [3.8, 4) is 0 Å². The molecule has 3 heteroatoms. The van der Waals surface area contributed by atoms with E-state index in [9.17, 15) is 0 Å². The van der Waals surface area contributed by atoms with E-state index in [-0.39, 0.29) is 0 Å². The number of fused-ring (bicyclic) bond motifs is 1. The SMILES string of the molecule is CN1CCN(CCc2ccncc2)Cc2ccccc21. The molecule has 2 heterocycles. The molecule has 0 atom stereocenters. The molecule has 0 fully saturated rings. The molecule has 0 amide bonds. The fourth-order valence-corrected chi connectivity index (χ4v) is 2.78. The van der Waals surface area contributed by atoms with E-state index in [1.807, 2.05) is 12.4 Å². The molecule has 20 heavy (non-hydrogen) atoms. The lowest BCUT2D eigenvalue weighted by Crippen LogP contribution is -2.30. The monoisotopic (exact) mass is 267 g/mol. The van der Waals surface area contributed by atoms with Crippen LogP contribution in [0.5, 0.6) is 0 Å². The van der Waals surface area contributed by atoms with Gasteiger partial charge in [-0.15, -0.1) is 0 Å².